The second-order valence-electron chi connectivity index (χ2n) is 7.06. The Morgan fingerprint density at radius 2 is 1.71 bits per heavy atom. The molecule has 0 saturated carbocycles. The molecule has 0 unspecified atom stereocenters. The number of hydrogen-bond acceptors (Lipinski definition) is 1. The quantitative estimate of drug-likeness (QED) is 0.441. The Morgan fingerprint density at radius 1 is 1.10 bits per heavy atom. The molecule has 1 aromatic carbocycles. The number of rotatable bonds is 7. The van der Waals surface area contributed by atoms with Gasteiger partial charge in [-0.3, -0.25) is 0 Å². The van der Waals surface area contributed by atoms with E-state index in [9.17, 15) is 4.39 Å². The second-order valence-corrected chi connectivity index (χ2v) is 11.9. The lowest BCUT2D eigenvalue weighted by atomic mass is 10.1. The van der Waals surface area contributed by atoms with Gasteiger partial charge in [0.15, 0.2) is 8.32 Å². The molecule has 0 radical (unpaired) electrons. The molecule has 0 amide bonds. The van der Waals surface area contributed by atoms with Crippen LogP contribution in [0.5, 0.6) is 0 Å². The molecule has 0 saturated heterocycles. The molecule has 0 fully saturated rings. The lowest BCUT2D eigenvalue weighted by molar-refractivity contribution is 0.279. The first-order valence-electron chi connectivity index (χ1n) is 7.78. The number of unbranched alkanes of at least 4 members (excludes halogenated alkanes) is 2. The summed E-state index contributed by atoms with van der Waals surface area (Å²) in [5.74, 6) is -0.185. The fourth-order valence-corrected chi connectivity index (χ4v) is 2.79. The van der Waals surface area contributed by atoms with Crippen LogP contribution in [0.4, 0.5) is 4.39 Å². The Labute approximate surface area is 130 Å². The number of hydrogen-bond donors (Lipinski definition) is 0. The van der Waals surface area contributed by atoms with Crippen molar-refractivity contribution < 1.29 is 8.82 Å². The molecule has 1 rings (SSSR count). The Morgan fingerprint density at radius 3 is 2.29 bits per heavy atom. The van der Waals surface area contributed by atoms with Crippen molar-refractivity contribution in [1.29, 1.82) is 0 Å². The Balaban J connectivity index is 2.19. The monoisotopic (exact) mass is 308 g/mol. The molecule has 0 aliphatic carbocycles. The van der Waals surface area contributed by atoms with Gasteiger partial charge in [-0.15, -0.1) is 0 Å². The highest BCUT2D eigenvalue weighted by Gasteiger charge is 2.36. The number of halogens is 1. The van der Waals surface area contributed by atoms with Gasteiger partial charge in [0.2, 0.25) is 0 Å². The SMILES string of the molecule is CC(C)(C)[Si](C)(C)OCCCC/C=C\c1ccc(F)cc1. The van der Waals surface area contributed by atoms with Crippen molar-refractivity contribution in [3.63, 3.8) is 0 Å². The first-order valence-corrected chi connectivity index (χ1v) is 10.7. The maximum absolute atomic E-state index is 12.8. The summed E-state index contributed by atoms with van der Waals surface area (Å²) in [6, 6.07) is 6.58. The van der Waals surface area contributed by atoms with Crippen LogP contribution in [-0.2, 0) is 4.43 Å². The van der Waals surface area contributed by atoms with E-state index in [1.165, 1.54) is 12.1 Å². The minimum Gasteiger partial charge on any atom is -0.417 e. The Kier molecular flexibility index (Phi) is 6.82. The number of allylic oxidation sites excluding steroid dienone is 1. The van der Waals surface area contributed by atoms with Crippen molar-refractivity contribution in [2.75, 3.05) is 6.61 Å². The molecule has 1 aromatic rings. The maximum atomic E-state index is 12.8. The fourth-order valence-electron chi connectivity index (χ4n) is 1.70. The highest BCUT2D eigenvalue weighted by atomic mass is 28.4. The Bertz CT molecular complexity index is 443. The van der Waals surface area contributed by atoms with Crippen LogP contribution in [0.1, 0.15) is 45.6 Å². The minimum absolute atomic E-state index is 0.185. The average molecular weight is 309 g/mol. The molecule has 0 spiro atoms. The van der Waals surface area contributed by atoms with Gasteiger partial charge in [-0.2, -0.15) is 0 Å². The van der Waals surface area contributed by atoms with Crippen molar-refractivity contribution in [1.82, 2.24) is 0 Å². The summed E-state index contributed by atoms with van der Waals surface area (Å²) in [7, 11) is -1.58. The van der Waals surface area contributed by atoms with Crippen LogP contribution in [0.15, 0.2) is 30.3 Å². The zero-order valence-corrected chi connectivity index (χ0v) is 15.1. The van der Waals surface area contributed by atoms with Crippen LogP contribution < -0.4 is 0 Å². The molecule has 0 aliphatic heterocycles. The minimum atomic E-state index is -1.58. The van der Waals surface area contributed by atoms with Crippen LogP contribution in [0.3, 0.4) is 0 Å². The van der Waals surface area contributed by atoms with Gasteiger partial charge in [-0.25, -0.2) is 4.39 Å². The van der Waals surface area contributed by atoms with Crippen molar-refractivity contribution in [2.45, 2.75) is 58.2 Å². The highest BCUT2D eigenvalue weighted by Crippen LogP contribution is 2.36. The molecular weight excluding hydrogens is 279 g/mol. The van der Waals surface area contributed by atoms with E-state index in [1.54, 1.807) is 12.1 Å². The van der Waals surface area contributed by atoms with Gasteiger partial charge in [0.1, 0.15) is 5.82 Å². The van der Waals surface area contributed by atoms with E-state index >= 15 is 0 Å². The van der Waals surface area contributed by atoms with Crippen LogP contribution in [0.25, 0.3) is 6.08 Å². The molecule has 0 heterocycles. The smallest absolute Gasteiger partial charge is 0.191 e. The summed E-state index contributed by atoms with van der Waals surface area (Å²) >= 11 is 0. The van der Waals surface area contributed by atoms with Crippen molar-refractivity contribution in [2.24, 2.45) is 0 Å². The molecule has 0 aromatic heterocycles. The van der Waals surface area contributed by atoms with Gasteiger partial charge in [0.05, 0.1) is 0 Å². The molecule has 3 heteroatoms. The molecule has 0 atom stereocenters. The van der Waals surface area contributed by atoms with Crippen LogP contribution in [0, 0.1) is 5.82 Å². The summed E-state index contributed by atoms with van der Waals surface area (Å²) in [6.07, 6.45) is 7.47. The van der Waals surface area contributed by atoms with E-state index in [1.807, 2.05) is 6.08 Å². The zero-order valence-electron chi connectivity index (χ0n) is 14.1. The summed E-state index contributed by atoms with van der Waals surface area (Å²) in [5.41, 5.74) is 1.05. The molecule has 0 N–H and O–H groups in total. The molecular formula is C18H29FOSi. The van der Waals surface area contributed by atoms with E-state index in [0.717, 1.165) is 31.4 Å². The third-order valence-electron chi connectivity index (χ3n) is 4.21. The van der Waals surface area contributed by atoms with Crippen molar-refractivity contribution >= 4 is 14.4 Å². The lowest BCUT2D eigenvalue weighted by Gasteiger charge is -2.36. The normalized spacial score (nSPS) is 13.0. The first kappa shape index (κ1) is 18.1. The fraction of sp³-hybridized carbons (Fsp3) is 0.556. The van der Waals surface area contributed by atoms with Crippen LogP contribution >= 0.6 is 0 Å². The molecule has 118 valence electrons. The summed E-state index contributed by atoms with van der Waals surface area (Å²) in [6.45, 7) is 12.3. The van der Waals surface area contributed by atoms with Gasteiger partial charge in [-0.05, 0) is 55.1 Å². The van der Waals surface area contributed by atoms with Crippen LogP contribution in [-0.4, -0.2) is 14.9 Å². The van der Waals surface area contributed by atoms with E-state index in [2.05, 4.69) is 39.9 Å². The first-order chi connectivity index (χ1) is 9.72. The summed E-state index contributed by atoms with van der Waals surface area (Å²) in [5, 5.41) is 0.287. The topological polar surface area (TPSA) is 9.23 Å². The predicted molar refractivity (Wildman–Crippen MR) is 92.4 cm³/mol. The average Bonchev–Trinajstić information content (AvgIpc) is 2.38. The third-order valence-corrected chi connectivity index (χ3v) is 8.75. The largest absolute Gasteiger partial charge is 0.417 e. The summed E-state index contributed by atoms with van der Waals surface area (Å²) in [4.78, 5) is 0. The second kappa shape index (κ2) is 7.90. The molecule has 21 heavy (non-hydrogen) atoms. The van der Waals surface area contributed by atoms with Crippen LogP contribution in [0.2, 0.25) is 18.1 Å². The van der Waals surface area contributed by atoms with Gasteiger partial charge < -0.3 is 4.43 Å². The summed E-state index contributed by atoms with van der Waals surface area (Å²) < 4.78 is 18.9. The van der Waals surface area contributed by atoms with Gasteiger partial charge in [-0.1, -0.05) is 45.1 Å². The Hall–Kier alpha value is -0.933. The zero-order chi connectivity index (χ0) is 15.9. The van der Waals surface area contributed by atoms with E-state index < -0.39 is 8.32 Å². The number of benzene rings is 1. The predicted octanol–water partition coefficient (Wildman–Crippen LogP) is 6.03. The van der Waals surface area contributed by atoms with Crippen molar-refractivity contribution in [3.05, 3.63) is 41.7 Å². The molecule has 0 aliphatic rings. The molecule has 1 nitrogen and oxygen atoms in total. The van der Waals surface area contributed by atoms with Gasteiger partial charge in [0, 0.05) is 6.61 Å². The standard InChI is InChI=1S/C18H29FOSi/c1-18(2,3)21(4,5)20-15-9-7-6-8-10-16-11-13-17(19)14-12-16/h8,10-14H,6-7,9,15H2,1-5H3/b10-8-. The van der Waals surface area contributed by atoms with Crippen molar-refractivity contribution in [3.8, 4) is 0 Å². The maximum Gasteiger partial charge on any atom is 0.191 e. The van der Waals surface area contributed by atoms with E-state index in [0.29, 0.717) is 0 Å². The third kappa shape index (κ3) is 6.57. The van der Waals surface area contributed by atoms with E-state index in [4.69, 9.17) is 4.43 Å². The molecule has 0 bridgehead atoms. The highest BCUT2D eigenvalue weighted by molar-refractivity contribution is 6.74. The van der Waals surface area contributed by atoms with Gasteiger partial charge >= 0.3 is 0 Å². The lowest BCUT2D eigenvalue weighted by Crippen LogP contribution is -2.40. The van der Waals surface area contributed by atoms with E-state index in [-0.39, 0.29) is 10.9 Å². The van der Waals surface area contributed by atoms with Gasteiger partial charge in [0.25, 0.3) is 0 Å².